The predicted molar refractivity (Wildman–Crippen MR) is 72.2 cm³/mol. The number of rotatable bonds is 4. The molecule has 0 aliphatic rings. The van der Waals surface area contributed by atoms with Crippen LogP contribution >= 0.6 is 15.9 Å². The first-order valence-corrected chi connectivity index (χ1v) is 6.38. The Kier molecular flexibility index (Phi) is 3.68. The van der Waals surface area contributed by atoms with E-state index in [4.69, 9.17) is 10.8 Å². The Morgan fingerprint density at radius 3 is 3.00 bits per heavy atom. The minimum Gasteiger partial charge on any atom is -0.481 e. The number of aryl methyl sites for hydroxylation is 1. The maximum atomic E-state index is 10.6. The number of carbonyl (C=O) groups is 1. The molecule has 0 spiro atoms. The summed E-state index contributed by atoms with van der Waals surface area (Å²) in [5.41, 5.74) is 7.94. The van der Waals surface area contributed by atoms with Crippen molar-refractivity contribution in [3.63, 3.8) is 0 Å². The zero-order chi connectivity index (χ0) is 13.3. The van der Waals surface area contributed by atoms with Gasteiger partial charge in [-0.2, -0.15) is 5.10 Å². The van der Waals surface area contributed by atoms with Crippen LogP contribution in [0, 0.1) is 0 Å². The van der Waals surface area contributed by atoms with E-state index in [9.17, 15) is 4.79 Å². The van der Waals surface area contributed by atoms with Crippen molar-refractivity contribution in [2.45, 2.75) is 18.9 Å². The molecule has 1 aromatic heterocycles. The van der Waals surface area contributed by atoms with Crippen LogP contribution in [0.2, 0.25) is 0 Å². The van der Waals surface area contributed by atoms with Gasteiger partial charge in [-0.05, 0) is 27.9 Å². The number of halogens is 1. The molecule has 0 bridgehead atoms. The van der Waals surface area contributed by atoms with Crippen LogP contribution in [0.1, 0.15) is 24.4 Å². The molecule has 0 fully saturated rings. The third-order valence-electron chi connectivity index (χ3n) is 2.92. The van der Waals surface area contributed by atoms with Crippen LogP contribution in [0.15, 0.2) is 22.8 Å². The normalized spacial score (nSPS) is 12.8. The van der Waals surface area contributed by atoms with Gasteiger partial charge in [0.05, 0.1) is 5.52 Å². The van der Waals surface area contributed by atoms with E-state index in [1.165, 1.54) is 0 Å². The molecular weight excluding hydrogens is 298 g/mol. The first kappa shape index (κ1) is 13.0. The topological polar surface area (TPSA) is 81.1 Å². The largest absolute Gasteiger partial charge is 0.481 e. The summed E-state index contributed by atoms with van der Waals surface area (Å²) in [4.78, 5) is 10.6. The fourth-order valence-corrected chi connectivity index (χ4v) is 2.62. The molecule has 96 valence electrons. The summed E-state index contributed by atoms with van der Waals surface area (Å²) in [5.74, 6) is -0.830. The molecule has 6 heteroatoms. The van der Waals surface area contributed by atoms with Crippen molar-refractivity contribution >= 4 is 32.8 Å². The van der Waals surface area contributed by atoms with E-state index in [1.54, 1.807) is 4.68 Å². The Morgan fingerprint density at radius 1 is 1.61 bits per heavy atom. The maximum absolute atomic E-state index is 10.6. The van der Waals surface area contributed by atoms with Gasteiger partial charge in [0.2, 0.25) is 0 Å². The molecule has 0 saturated carbocycles. The van der Waals surface area contributed by atoms with Crippen molar-refractivity contribution in [1.82, 2.24) is 9.78 Å². The molecule has 0 radical (unpaired) electrons. The molecule has 1 atom stereocenters. The molecule has 3 N–H and O–H groups in total. The van der Waals surface area contributed by atoms with Crippen molar-refractivity contribution in [2.24, 2.45) is 12.8 Å². The third kappa shape index (κ3) is 2.39. The van der Waals surface area contributed by atoms with Gasteiger partial charge in [0.1, 0.15) is 4.60 Å². The zero-order valence-electron chi connectivity index (χ0n) is 9.93. The first-order valence-electron chi connectivity index (χ1n) is 5.59. The van der Waals surface area contributed by atoms with Gasteiger partial charge in [-0.1, -0.05) is 18.2 Å². The molecule has 1 heterocycles. The van der Waals surface area contributed by atoms with Crippen LogP contribution < -0.4 is 5.73 Å². The number of aromatic nitrogens is 2. The van der Waals surface area contributed by atoms with Gasteiger partial charge >= 0.3 is 5.97 Å². The lowest BCUT2D eigenvalue weighted by Gasteiger charge is -2.12. The molecule has 0 saturated heterocycles. The van der Waals surface area contributed by atoms with Crippen LogP contribution in [-0.4, -0.2) is 20.9 Å². The number of hydrogen-bond donors (Lipinski definition) is 2. The van der Waals surface area contributed by atoms with Gasteiger partial charge in [-0.15, -0.1) is 0 Å². The molecular formula is C12H14BrN3O2. The molecule has 2 aromatic rings. The highest BCUT2D eigenvalue weighted by Crippen LogP contribution is 2.29. The van der Waals surface area contributed by atoms with Gasteiger partial charge < -0.3 is 10.8 Å². The van der Waals surface area contributed by atoms with Gasteiger partial charge in [0.25, 0.3) is 0 Å². The maximum Gasteiger partial charge on any atom is 0.303 e. The van der Waals surface area contributed by atoms with Gasteiger partial charge in [0.15, 0.2) is 0 Å². The molecule has 18 heavy (non-hydrogen) atoms. The van der Waals surface area contributed by atoms with Crippen LogP contribution in [0.5, 0.6) is 0 Å². The lowest BCUT2D eigenvalue weighted by molar-refractivity contribution is -0.137. The zero-order valence-corrected chi connectivity index (χ0v) is 11.5. The van der Waals surface area contributed by atoms with Crippen LogP contribution in [0.25, 0.3) is 10.9 Å². The molecule has 1 aromatic carbocycles. The highest BCUT2D eigenvalue weighted by Gasteiger charge is 2.16. The second kappa shape index (κ2) is 5.07. The second-order valence-electron chi connectivity index (χ2n) is 4.20. The SMILES string of the molecule is Cn1nc(Br)c2cccc(C(N)CCC(=O)O)c21. The Hall–Kier alpha value is -1.40. The summed E-state index contributed by atoms with van der Waals surface area (Å²) >= 11 is 3.40. The number of aliphatic carboxylic acids is 1. The molecule has 1 unspecified atom stereocenters. The van der Waals surface area contributed by atoms with E-state index >= 15 is 0 Å². The summed E-state index contributed by atoms with van der Waals surface area (Å²) in [5, 5.41) is 14.0. The lowest BCUT2D eigenvalue weighted by Crippen LogP contribution is -2.13. The summed E-state index contributed by atoms with van der Waals surface area (Å²) < 4.78 is 2.53. The number of nitrogens with two attached hydrogens (primary N) is 1. The monoisotopic (exact) mass is 311 g/mol. The highest BCUT2D eigenvalue weighted by molar-refractivity contribution is 9.10. The molecule has 0 aliphatic heterocycles. The Labute approximate surface area is 113 Å². The third-order valence-corrected chi connectivity index (χ3v) is 3.51. The minimum absolute atomic E-state index is 0.0660. The molecule has 0 aliphatic carbocycles. The second-order valence-corrected chi connectivity index (χ2v) is 4.95. The molecule has 5 nitrogen and oxygen atoms in total. The average Bonchev–Trinajstić information content (AvgIpc) is 2.62. The van der Waals surface area contributed by atoms with Crippen LogP contribution in [-0.2, 0) is 11.8 Å². The number of benzene rings is 1. The Morgan fingerprint density at radius 2 is 2.33 bits per heavy atom. The van der Waals surface area contributed by atoms with Gasteiger partial charge in [-0.3, -0.25) is 9.48 Å². The van der Waals surface area contributed by atoms with Crippen molar-refractivity contribution < 1.29 is 9.90 Å². The quantitative estimate of drug-likeness (QED) is 0.907. The van der Waals surface area contributed by atoms with E-state index in [1.807, 2.05) is 25.2 Å². The van der Waals surface area contributed by atoms with Crippen molar-refractivity contribution in [2.75, 3.05) is 0 Å². The van der Waals surface area contributed by atoms with E-state index < -0.39 is 5.97 Å². The fraction of sp³-hybridized carbons (Fsp3) is 0.333. The van der Waals surface area contributed by atoms with E-state index in [-0.39, 0.29) is 12.5 Å². The number of nitrogens with zero attached hydrogens (tertiary/aromatic N) is 2. The predicted octanol–water partition coefficient (Wildman–Crippen LogP) is 2.20. The molecule has 2 rings (SSSR count). The van der Waals surface area contributed by atoms with Gasteiger partial charge in [-0.25, -0.2) is 0 Å². The van der Waals surface area contributed by atoms with Crippen molar-refractivity contribution in [1.29, 1.82) is 0 Å². The standard InChI is InChI=1S/C12H14BrN3O2/c1-16-11-7(9(14)5-6-10(17)18)3-2-4-8(11)12(13)15-16/h2-4,9H,5-6,14H2,1H3,(H,17,18). The lowest BCUT2D eigenvalue weighted by atomic mass is 10.0. The van der Waals surface area contributed by atoms with Crippen molar-refractivity contribution in [3.8, 4) is 0 Å². The number of fused-ring (bicyclic) bond motifs is 1. The van der Waals surface area contributed by atoms with Crippen LogP contribution in [0.4, 0.5) is 0 Å². The number of carboxylic acid groups (broad SMARTS) is 1. The van der Waals surface area contributed by atoms with E-state index in [0.717, 1.165) is 21.1 Å². The van der Waals surface area contributed by atoms with Crippen molar-refractivity contribution in [3.05, 3.63) is 28.4 Å². The summed E-state index contributed by atoms with van der Waals surface area (Å²) in [6.07, 6.45) is 0.480. The number of para-hydroxylation sites is 1. The average molecular weight is 312 g/mol. The molecule has 0 amide bonds. The Bertz CT molecular complexity index is 594. The van der Waals surface area contributed by atoms with Gasteiger partial charge in [0, 0.05) is 24.9 Å². The fourth-order valence-electron chi connectivity index (χ4n) is 2.06. The summed E-state index contributed by atoms with van der Waals surface area (Å²) in [7, 11) is 1.85. The summed E-state index contributed by atoms with van der Waals surface area (Å²) in [6.45, 7) is 0. The highest BCUT2D eigenvalue weighted by atomic mass is 79.9. The first-order chi connectivity index (χ1) is 8.50. The smallest absolute Gasteiger partial charge is 0.303 e. The number of carboxylic acids is 1. The summed E-state index contributed by atoms with van der Waals surface area (Å²) in [6, 6.07) is 5.49. The Balaban J connectivity index is 2.41. The van der Waals surface area contributed by atoms with E-state index in [2.05, 4.69) is 21.0 Å². The number of hydrogen-bond acceptors (Lipinski definition) is 3. The minimum atomic E-state index is -0.830. The van der Waals surface area contributed by atoms with E-state index in [0.29, 0.717) is 6.42 Å². The van der Waals surface area contributed by atoms with Crippen LogP contribution in [0.3, 0.4) is 0 Å².